The van der Waals surface area contributed by atoms with Crippen molar-refractivity contribution in [3.05, 3.63) is 21.6 Å². The first-order chi connectivity index (χ1) is 8.45. The third-order valence-electron chi connectivity index (χ3n) is 2.52. The maximum Gasteiger partial charge on any atom is 0.287 e. The van der Waals surface area contributed by atoms with Crippen LogP contribution in [0.1, 0.15) is 27.2 Å². The predicted molar refractivity (Wildman–Crippen MR) is 73.1 cm³/mol. The molecule has 102 valence electrons. The van der Waals surface area contributed by atoms with Crippen molar-refractivity contribution in [3.8, 4) is 0 Å². The lowest BCUT2D eigenvalue weighted by atomic mass is 10.1. The lowest BCUT2D eigenvalue weighted by molar-refractivity contribution is 0.266. The van der Waals surface area contributed by atoms with E-state index in [9.17, 15) is 4.79 Å². The van der Waals surface area contributed by atoms with Crippen molar-refractivity contribution in [1.29, 1.82) is 0 Å². The Morgan fingerprint density at radius 3 is 2.72 bits per heavy atom. The van der Waals surface area contributed by atoms with Gasteiger partial charge < -0.3 is 10.4 Å². The van der Waals surface area contributed by atoms with Gasteiger partial charge in [-0.05, 0) is 19.3 Å². The van der Waals surface area contributed by atoms with Crippen LogP contribution in [-0.2, 0) is 6.54 Å². The second-order valence-corrected chi connectivity index (χ2v) is 5.18. The summed E-state index contributed by atoms with van der Waals surface area (Å²) in [5.74, 6) is 0.564. The summed E-state index contributed by atoms with van der Waals surface area (Å²) in [4.78, 5) is 11.8. The fourth-order valence-electron chi connectivity index (χ4n) is 1.85. The number of nitrogens with one attached hydrogen (secondary N) is 1. The number of hydrogen-bond acceptors (Lipinski definition) is 4. The summed E-state index contributed by atoms with van der Waals surface area (Å²) in [5.41, 5.74) is 0.163. The van der Waals surface area contributed by atoms with Crippen molar-refractivity contribution in [2.24, 2.45) is 5.92 Å². The highest BCUT2D eigenvalue weighted by molar-refractivity contribution is 6.32. The Hall–Kier alpha value is -1.07. The number of anilines is 1. The highest BCUT2D eigenvalue weighted by Gasteiger charge is 2.12. The Labute approximate surface area is 112 Å². The lowest BCUT2D eigenvalue weighted by Crippen LogP contribution is -2.27. The number of aromatic nitrogens is 2. The molecule has 0 amide bonds. The number of halogens is 1. The van der Waals surface area contributed by atoms with E-state index in [0.29, 0.717) is 11.6 Å². The standard InChI is InChI=1S/C12H20ClN3O2/c1-8(2)6-9(3)15-10-7-14-16(4-5-17)12(18)11(10)13/h7-9,15,17H,4-6H2,1-3H3. The lowest BCUT2D eigenvalue weighted by Gasteiger charge is -2.18. The van der Waals surface area contributed by atoms with Gasteiger partial charge in [0.15, 0.2) is 0 Å². The summed E-state index contributed by atoms with van der Waals surface area (Å²) < 4.78 is 1.15. The fraction of sp³-hybridized carbons (Fsp3) is 0.667. The molecule has 2 N–H and O–H groups in total. The van der Waals surface area contributed by atoms with E-state index in [2.05, 4.69) is 24.3 Å². The molecular formula is C12H20ClN3O2. The molecule has 0 bridgehead atoms. The van der Waals surface area contributed by atoms with Crippen LogP contribution in [-0.4, -0.2) is 27.5 Å². The zero-order valence-electron chi connectivity index (χ0n) is 11.0. The van der Waals surface area contributed by atoms with Gasteiger partial charge >= 0.3 is 0 Å². The average Bonchev–Trinajstić information content (AvgIpc) is 2.28. The van der Waals surface area contributed by atoms with Crippen LogP contribution in [0.2, 0.25) is 5.02 Å². The Bertz CT molecular complexity index is 445. The molecule has 1 aromatic heterocycles. The molecule has 0 fully saturated rings. The maximum absolute atomic E-state index is 11.8. The smallest absolute Gasteiger partial charge is 0.287 e. The largest absolute Gasteiger partial charge is 0.394 e. The molecule has 0 saturated heterocycles. The van der Waals surface area contributed by atoms with Gasteiger partial charge in [0.05, 0.1) is 25.0 Å². The highest BCUT2D eigenvalue weighted by Crippen LogP contribution is 2.18. The molecule has 0 aliphatic heterocycles. The summed E-state index contributed by atoms with van der Waals surface area (Å²) in [5, 5.41) is 16.0. The molecule has 0 saturated carbocycles. The molecule has 0 spiro atoms. The minimum absolute atomic E-state index is 0.119. The molecule has 0 aliphatic carbocycles. The van der Waals surface area contributed by atoms with Crippen LogP contribution in [0.15, 0.2) is 11.0 Å². The predicted octanol–water partition coefficient (Wildman–Crippen LogP) is 1.74. The van der Waals surface area contributed by atoms with Crippen LogP contribution in [0.5, 0.6) is 0 Å². The van der Waals surface area contributed by atoms with Gasteiger partial charge in [-0.25, -0.2) is 4.68 Å². The van der Waals surface area contributed by atoms with Gasteiger partial charge in [-0.3, -0.25) is 4.79 Å². The summed E-state index contributed by atoms with van der Waals surface area (Å²) in [7, 11) is 0. The highest BCUT2D eigenvalue weighted by atomic mass is 35.5. The first-order valence-corrected chi connectivity index (χ1v) is 6.46. The first-order valence-electron chi connectivity index (χ1n) is 6.08. The average molecular weight is 274 g/mol. The third-order valence-corrected chi connectivity index (χ3v) is 2.89. The molecule has 0 aliphatic rings. The summed E-state index contributed by atoms with van der Waals surface area (Å²) in [6.07, 6.45) is 2.51. The minimum Gasteiger partial charge on any atom is -0.394 e. The molecule has 1 atom stereocenters. The SMILES string of the molecule is CC(C)CC(C)Nc1cnn(CCO)c(=O)c1Cl. The van der Waals surface area contributed by atoms with Crippen LogP contribution in [0.3, 0.4) is 0 Å². The van der Waals surface area contributed by atoms with Crippen LogP contribution >= 0.6 is 11.6 Å². The number of aliphatic hydroxyl groups is 1. The molecule has 1 heterocycles. The van der Waals surface area contributed by atoms with E-state index >= 15 is 0 Å². The summed E-state index contributed by atoms with van der Waals surface area (Å²) >= 11 is 6.00. The van der Waals surface area contributed by atoms with Gasteiger partial charge in [0.2, 0.25) is 0 Å². The molecule has 18 heavy (non-hydrogen) atoms. The zero-order valence-corrected chi connectivity index (χ0v) is 11.7. The van der Waals surface area contributed by atoms with Gasteiger partial charge in [-0.1, -0.05) is 25.4 Å². The van der Waals surface area contributed by atoms with Gasteiger partial charge in [0, 0.05) is 6.04 Å². The summed E-state index contributed by atoms with van der Waals surface area (Å²) in [6, 6.07) is 0.220. The van der Waals surface area contributed by atoms with E-state index in [1.165, 1.54) is 6.20 Å². The van der Waals surface area contributed by atoms with Crippen molar-refractivity contribution in [1.82, 2.24) is 9.78 Å². The van der Waals surface area contributed by atoms with Gasteiger partial charge in [0.1, 0.15) is 5.02 Å². The zero-order chi connectivity index (χ0) is 13.7. The number of rotatable bonds is 6. The van der Waals surface area contributed by atoms with Gasteiger partial charge in [-0.15, -0.1) is 0 Å². The van der Waals surface area contributed by atoms with Crippen LogP contribution in [0.25, 0.3) is 0 Å². The molecule has 0 aromatic carbocycles. The fourth-order valence-corrected chi connectivity index (χ4v) is 2.05. The van der Waals surface area contributed by atoms with E-state index in [1.807, 2.05) is 6.92 Å². The maximum atomic E-state index is 11.8. The Kier molecular flexibility index (Phi) is 5.62. The molecule has 6 heteroatoms. The van der Waals surface area contributed by atoms with E-state index in [1.54, 1.807) is 0 Å². The normalized spacial score (nSPS) is 12.8. The van der Waals surface area contributed by atoms with Crippen molar-refractivity contribution >= 4 is 17.3 Å². The number of hydrogen-bond donors (Lipinski definition) is 2. The third kappa shape index (κ3) is 3.99. The van der Waals surface area contributed by atoms with E-state index in [4.69, 9.17) is 16.7 Å². The second-order valence-electron chi connectivity index (χ2n) is 4.80. The molecule has 0 radical (unpaired) electrons. The van der Waals surface area contributed by atoms with Crippen molar-refractivity contribution in [2.75, 3.05) is 11.9 Å². The van der Waals surface area contributed by atoms with Gasteiger partial charge in [0.25, 0.3) is 5.56 Å². The molecule has 5 nitrogen and oxygen atoms in total. The minimum atomic E-state index is -0.382. The van der Waals surface area contributed by atoms with Crippen molar-refractivity contribution < 1.29 is 5.11 Å². The van der Waals surface area contributed by atoms with Crippen LogP contribution < -0.4 is 10.9 Å². The van der Waals surface area contributed by atoms with Crippen molar-refractivity contribution in [2.45, 2.75) is 39.8 Å². The van der Waals surface area contributed by atoms with Crippen molar-refractivity contribution in [3.63, 3.8) is 0 Å². The van der Waals surface area contributed by atoms with Gasteiger partial charge in [-0.2, -0.15) is 5.10 Å². The quantitative estimate of drug-likeness (QED) is 0.828. The Balaban J connectivity index is 2.85. The first kappa shape index (κ1) is 15.0. The van der Waals surface area contributed by atoms with E-state index in [0.717, 1.165) is 11.1 Å². The second kappa shape index (κ2) is 6.75. The topological polar surface area (TPSA) is 67.2 Å². The van der Waals surface area contributed by atoms with Crippen LogP contribution in [0.4, 0.5) is 5.69 Å². The van der Waals surface area contributed by atoms with E-state index < -0.39 is 0 Å². The monoisotopic (exact) mass is 273 g/mol. The number of nitrogens with zero attached hydrogens (tertiary/aromatic N) is 2. The molecule has 1 unspecified atom stereocenters. The molecular weight excluding hydrogens is 254 g/mol. The Morgan fingerprint density at radius 2 is 2.17 bits per heavy atom. The van der Waals surface area contributed by atoms with E-state index in [-0.39, 0.29) is 29.8 Å². The number of aliphatic hydroxyl groups excluding tert-OH is 1. The van der Waals surface area contributed by atoms with Crippen LogP contribution in [0, 0.1) is 5.92 Å². The molecule has 1 aromatic rings. The summed E-state index contributed by atoms with van der Waals surface area (Å²) in [6.45, 7) is 6.32. The Morgan fingerprint density at radius 1 is 1.50 bits per heavy atom. The molecule has 1 rings (SSSR count).